The molecule has 5 heteroatoms. The molecule has 0 aromatic heterocycles. The molecule has 0 spiro atoms. The topological polar surface area (TPSA) is 21.6 Å². The number of benzene rings is 2. The average molecular weight is 325 g/mol. The molecule has 0 amide bonds. The zero-order valence-electron chi connectivity index (χ0n) is 9.74. The van der Waals surface area contributed by atoms with Crippen LogP contribution >= 0.6 is 15.9 Å². The van der Waals surface area contributed by atoms with Crippen molar-refractivity contribution in [2.75, 3.05) is 0 Å². The molecule has 0 saturated heterocycles. The van der Waals surface area contributed by atoms with E-state index in [0.29, 0.717) is 0 Å². The van der Waals surface area contributed by atoms with Crippen molar-refractivity contribution in [2.45, 2.75) is 6.61 Å². The van der Waals surface area contributed by atoms with Crippen molar-refractivity contribution < 1.29 is 13.6 Å². The molecule has 2 aromatic rings. The maximum Gasteiger partial charge on any atom is 0.145 e. The molecular weight excluding hydrogens is 316 g/mol. The van der Waals surface area contributed by atoms with Crippen molar-refractivity contribution >= 4 is 22.1 Å². The summed E-state index contributed by atoms with van der Waals surface area (Å²) in [6.07, 6.45) is 2.67. The van der Waals surface area contributed by atoms with E-state index in [9.17, 15) is 8.78 Å². The van der Waals surface area contributed by atoms with Crippen LogP contribution in [0.3, 0.4) is 0 Å². The summed E-state index contributed by atoms with van der Waals surface area (Å²) in [6.45, 7) is -0.0798. The van der Waals surface area contributed by atoms with E-state index in [2.05, 4.69) is 27.3 Å². The van der Waals surface area contributed by atoms with Gasteiger partial charge in [-0.25, -0.2) is 8.78 Å². The Hall–Kier alpha value is -1.75. The van der Waals surface area contributed by atoms with Gasteiger partial charge in [0.15, 0.2) is 0 Å². The summed E-state index contributed by atoms with van der Waals surface area (Å²) in [7, 11) is 0. The van der Waals surface area contributed by atoms with Crippen LogP contribution in [0.2, 0.25) is 0 Å². The molecule has 0 aliphatic heterocycles. The summed E-state index contributed by atoms with van der Waals surface area (Å²) < 4.78 is 26.8. The van der Waals surface area contributed by atoms with Gasteiger partial charge in [0.05, 0.1) is 0 Å². The van der Waals surface area contributed by atoms with Crippen molar-refractivity contribution in [3.05, 3.63) is 69.7 Å². The average Bonchev–Trinajstić information content (AvgIpc) is 2.38. The Bertz CT molecular complexity index is 602. The Morgan fingerprint density at radius 1 is 1.16 bits per heavy atom. The molecule has 97 valence electrons. The van der Waals surface area contributed by atoms with Crippen molar-refractivity contribution in [2.24, 2.45) is 5.16 Å². The van der Waals surface area contributed by atoms with Gasteiger partial charge in [-0.1, -0.05) is 39.3 Å². The van der Waals surface area contributed by atoms with Gasteiger partial charge in [-0.2, -0.15) is 0 Å². The third kappa shape index (κ3) is 3.86. The van der Waals surface area contributed by atoms with Crippen LogP contribution in [-0.2, 0) is 11.4 Å². The second kappa shape index (κ2) is 6.43. The highest BCUT2D eigenvalue weighted by molar-refractivity contribution is 9.10. The quantitative estimate of drug-likeness (QED) is 0.611. The Morgan fingerprint density at radius 2 is 1.95 bits per heavy atom. The Kier molecular flexibility index (Phi) is 4.63. The van der Waals surface area contributed by atoms with Crippen LogP contribution in [0.25, 0.3) is 0 Å². The lowest BCUT2D eigenvalue weighted by Gasteiger charge is -2.01. The SMILES string of the molecule is Fc1ccc(CO/N=[C]\c2ccccc2Br)c(F)c1. The minimum Gasteiger partial charge on any atom is -0.390 e. The Labute approximate surface area is 117 Å². The second-order valence-electron chi connectivity index (χ2n) is 3.69. The van der Waals surface area contributed by atoms with Crippen LogP contribution in [-0.4, -0.2) is 6.21 Å². The fourth-order valence-corrected chi connectivity index (χ4v) is 1.75. The molecule has 2 nitrogen and oxygen atoms in total. The molecule has 0 heterocycles. The molecule has 2 aromatic carbocycles. The van der Waals surface area contributed by atoms with Gasteiger partial charge in [0.25, 0.3) is 0 Å². The third-order valence-corrected chi connectivity index (χ3v) is 3.03. The first kappa shape index (κ1) is 13.7. The smallest absolute Gasteiger partial charge is 0.145 e. The summed E-state index contributed by atoms with van der Waals surface area (Å²) in [5, 5.41) is 3.62. The molecule has 0 aliphatic rings. The number of halogens is 3. The molecule has 2 rings (SSSR count). The van der Waals surface area contributed by atoms with Crippen molar-refractivity contribution in [1.82, 2.24) is 0 Å². The third-order valence-electron chi connectivity index (χ3n) is 2.34. The molecular formula is C14H9BrF2NO. The maximum atomic E-state index is 13.3. The van der Waals surface area contributed by atoms with Gasteiger partial charge in [0, 0.05) is 21.7 Å². The second-order valence-corrected chi connectivity index (χ2v) is 4.55. The lowest BCUT2D eigenvalue weighted by molar-refractivity contribution is 0.129. The van der Waals surface area contributed by atoms with Crippen LogP contribution in [0.1, 0.15) is 11.1 Å². The van der Waals surface area contributed by atoms with E-state index < -0.39 is 11.6 Å². The molecule has 0 unspecified atom stereocenters. The van der Waals surface area contributed by atoms with Gasteiger partial charge in [-0.3, -0.25) is 0 Å². The Morgan fingerprint density at radius 3 is 2.68 bits per heavy atom. The van der Waals surface area contributed by atoms with Gasteiger partial charge in [0.1, 0.15) is 24.5 Å². The van der Waals surface area contributed by atoms with Crippen LogP contribution in [0.4, 0.5) is 8.78 Å². The minimum atomic E-state index is -0.656. The number of nitrogens with zero attached hydrogens (tertiary/aromatic N) is 1. The molecule has 0 fully saturated rings. The monoisotopic (exact) mass is 324 g/mol. The molecule has 0 atom stereocenters. The highest BCUT2D eigenvalue weighted by Crippen LogP contribution is 2.14. The summed E-state index contributed by atoms with van der Waals surface area (Å²) in [5.41, 5.74) is 0.959. The first-order chi connectivity index (χ1) is 9.16. The molecule has 0 saturated carbocycles. The normalized spacial score (nSPS) is 10.9. The molecule has 0 bridgehead atoms. The maximum absolute atomic E-state index is 13.3. The van der Waals surface area contributed by atoms with Gasteiger partial charge < -0.3 is 4.84 Å². The molecule has 1 radical (unpaired) electrons. The van der Waals surface area contributed by atoms with Gasteiger partial charge >= 0.3 is 0 Å². The summed E-state index contributed by atoms with van der Waals surface area (Å²) >= 11 is 3.33. The van der Waals surface area contributed by atoms with Crippen molar-refractivity contribution in [1.29, 1.82) is 0 Å². The predicted octanol–water partition coefficient (Wildman–Crippen LogP) is 4.16. The van der Waals surface area contributed by atoms with E-state index in [-0.39, 0.29) is 12.2 Å². The molecule has 0 N–H and O–H groups in total. The van der Waals surface area contributed by atoms with Crippen LogP contribution in [0.5, 0.6) is 0 Å². The fraction of sp³-hybridized carbons (Fsp3) is 0.0714. The first-order valence-corrected chi connectivity index (χ1v) is 6.22. The molecule has 0 aliphatic carbocycles. The van der Waals surface area contributed by atoms with Crippen LogP contribution < -0.4 is 0 Å². The summed E-state index contributed by atoms with van der Waals surface area (Å²) in [6, 6.07) is 10.6. The predicted molar refractivity (Wildman–Crippen MR) is 71.8 cm³/mol. The first-order valence-electron chi connectivity index (χ1n) is 5.43. The largest absolute Gasteiger partial charge is 0.390 e. The van der Waals surface area contributed by atoms with Crippen LogP contribution in [0, 0.1) is 11.6 Å². The van der Waals surface area contributed by atoms with E-state index in [0.717, 1.165) is 16.1 Å². The summed E-state index contributed by atoms with van der Waals surface area (Å²) in [4.78, 5) is 4.93. The van der Waals surface area contributed by atoms with Gasteiger partial charge in [0.2, 0.25) is 0 Å². The zero-order chi connectivity index (χ0) is 13.7. The van der Waals surface area contributed by atoms with E-state index >= 15 is 0 Å². The number of hydrogen-bond donors (Lipinski definition) is 0. The van der Waals surface area contributed by atoms with Gasteiger partial charge in [-0.15, -0.1) is 0 Å². The minimum absolute atomic E-state index is 0.0798. The lowest BCUT2D eigenvalue weighted by atomic mass is 10.2. The van der Waals surface area contributed by atoms with Crippen molar-refractivity contribution in [3.63, 3.8) is 0 Å². The molecule has 19 heavy (non-hydrogen) atoms. The number of rotatable bonds is 4. The fourth-order valence-electron chi connectivity index (χ4n) is 1.37. The van der Waals surface area contributed by atoms with Crippen LogP contribution in [0.15, 0.2) is 52.1 Å². The highest BCUT2D eigenvalue weighted by Gasteiger charge is 2.03. The summed E-state index contributed by atoms with van der Waals surface area (Å²) in [5.74, 6) is -1.28. The lowest BCUT2D eigenvalue weighted by Crippen LogP contribution is -1.93. The van der Waals surface area contributed by atoms with E-state index in [1.807, 2.05) is 18.2 Å². The van der Waals surface area contributed by atoms with Crippen molar-refractivity contribution in [3.8, 4) is 0 Å². The highest BCUT2D eigenvalue weighted by atomic mass is 79.9. The zero-order valence-corrected chi connectivity index (χ0v) is 11.3. The standard InChI is InChI=1S/C14H9BrF2NO/c15-13-4-2-1-3-10(13)8-18-19-9-11-5-6-12(16)7-14(11)17/h1-7H,9H2. The van der Waals surface area contributed by atoms with E-state index in [1.165, 1.54) is 12.1 Å². The number of hydrogen-bond acceptors (Lipinski definition) is 2. The Balaban J connectivity index is 1.95. The van der Waals surface area contributed by atoms with Gasteiger partial charge in [-0.05, 0) is 18.2 Å². The van der Waals surface area contributed by atoms with E-state index in [4.69, 9.17) is 4.84 Å². The van der Waals surface area contributed by atoms with E-state index in [1.54, 1.807) is 6.07 Å².